The molecule has 3 nitrogen and oxygen atoms in total. The molecular formula is C15H26N2O. The minimum absolute atomic E-state index is 0.510. The SMILES string of the molecule is CCC(C)(C)C1CCC(NCc2ccno2)CC1. The minimum atomic E-state index is 0.510. The lowest BCUT2D eigenvalue weighted by molar-refractivity contribution is 0.136. The van der Waals surface area contributed by atoms with Crippen molar-refractivity contribution in [2.45, 2.75) is 65.5 Å². The number of hydrogen-bond donors (Lipinski definition) is 1. The Morgan fingerprint density at radius 2 is 2.06 bits per heavy atom. The summed E-state index contributed by atoms with van der Waals surface area (Å²) in [5, 5.41) is 7.31. The van der Waals surface area contributed by atoms with E-state index in [-0.39, 0.29) is 0 Å². The molecule has 0 aromatic carbocycles. The van der Waals surface area contributed by atoms with Crippen LogP contribution in [0.2, 0.25) is 0 Å². The Labute approximate surface area is 110 Å². The summed E-state index contributed by atoms with van der Waals surface area (Å²) in [5.41, 5.74) is 0.510. The fraction of sp³-hybridized carbons (Fsp3) is 0.800. The number of nitrogens with one attached hydrogen (secondary N) is 1. The zero-order chi connectivity index (χ0) is 13.0. The van der Waals surface area contributed by atoms with Gasteiger partial charge >= 0.3 is 0 Å². The molecule has 1 fully saturated rings. The maximum atomic E-state index is 5.10. The fourth-order valence-corrected chi connectivity index (χ4v) is 2.95. The summed E-state index contributed by atoms with van der Waals surface area (Å²) in [6.45, 7) is 7.96. The third kappa shape index (κ3) is 3.35. The van der Waals surface area contributed by atoms with Gasteiger partial charge in [0.25, 0.3) is 0 Å². The molecule has 3 heteroatoms. The lowest BCUT2D eigenvalue weighted by atomic mass is 9.69. The second-order valence-corrected chi connectivity index (χ2v) is 6.25. The highest BCUT2D eigenvalue weighted by Gasteiger charge is 2.31. The number of aromatic nitrogens is 1. The molecule has 0 atom stereocenters. The van der Waals surface area contributed by atoms with Gasteiger partial charge in [0, 0.05) is 12.1 Å². The van der Waals surface area contributed by atoms with Crippen molar-refractivity contribution < 1.29 is 4.52 Å². The number of hydrogen-bond acceptors (Lipinski definition) is 3. The quantitative estimate of drug-likeness (QED) is 0.864. The van der Waals surface area contributed by atoms with Crippen LogP contribution in [0, 0.1) is 11.3 Å². The largest absolute Gasteiger partial charge is 0.360 e. The molecule has 0 aliphatic heterocycles. The van der Waals surface area contributed by atoms with E-state index in [0.717, 1.165) is 18.2 Å². The summed E-state index contributed by atoms with van der Waals surface area (Å²) in [5.74, 6) is 1.83. The summed E-state index contributed by atoms with van der Waals surface area (Å²) < 4.78 is 5.10. The van der Waals surface area contributed by atoms with Gasteiger partial charge in [-0.3, -0.25) is 0 Å². The van der Waals surface area contributed by atoms with Crippen molar-refractivity contribution in [3.8, 4) is 0 Å². The van der Waals surface area contributed by atoms with Crippen LogP contribution in [0.15, 0.2) is 16.8 Å². The molecule has 102 valence electrons. The molecule has 1 aromatic heterocycles. The van der Waals surface area contributed by atoms with Crippen molar-refractivity contribution in [1.82, 2.24) is 10.5 Å². The molecule has 0 saturated heterocycles. The van der Waals surface area contributed by atoms with E-state index in [1.54, 1.807) is 6.20 Å². The van der Waals surface area contributed by atoms with Crippen molar-refractivity contribution >= 4 is 0 Å². The Bertz CT molecular complexity index is 337. The highest BCUT2D eigenvalue weighted by Crippen LogP contribution is 2.40. The summed E-state index contributed by atoms with van der Waals surface area (Å²) in [7, 11) is 0. The second-order valence-electron chi connectivity index (χ2n) is 6.25. The first-order chi connectivity index (χ1) is 8.62. The van der Waals surface area contributed by atoms with E-state index in [9.17, 15) is 0 Å². The van der Waals surface area contributed by atoms with Gasteiger partial charge in [0.2, 0.25) is 0 Å². The van der Waals surface area contributed by atoms with Crippen molar-refractivity contribution in [2.75, 3.05) is 0 Å². The van der Waals surface area contributed by atoms with Crippen LogP contribution in [0.5, 0.6) is 0 Å². The van der Waals surface area contributed by atoms with Gasteiger partial charge in [-0.15, -0.1) is 0 Å². The molecule has 1 aliphatic carbocycles. The van der Waals surface area contributed by atoms with E-state index in [1.165, 1.54) is 32.1 Å². The monoisotopic (exact) mass is 250 g/mol. The molecule has 18 heavy (non-hydrogen) atoms. The van der Waals surface area contributed by atoms with E-state index in [4.69, 9.17) is 4.52 Å². The van der Waals surface area contributed by atoms with Crippen molar-refractivity contribution in [3.05, 3.63) is 18.0 Å². The third-order valence-electron chi connectivity index (χ3n) is 4.80. The van der Waals surface area contributed by atoms with Crippen LogP contribution in [0.25, 0.3) is 0 Å². The molecule has 0 radical (unpaired) electrons. The molecule has 0 unspecified atom stereocenters. The average Bonchev–Trinajstić information content (AvgIpc) is 2.90. The first-order valence-electron chi connectivity index (χ1n) is 7.25. The summed E-state index contributed by atoms with van der Waals surface area (Å²) in [6.07, 6.45) is 8.29. The molecule has 1 aromatic rings. The molecule has 0 spiro atoms. The standard InChI is InChI=1S/C15H26N2O/c1-4-15(2,3)12-5-7-13(8-6-12)16-11-14-9-10-17-18-14/h9-10,12-13,16H,4-8,11H2,1-3H3. The van der Waals surface area contributed by atoms with E-state index in [2.05, 4.69) is 31.2 Å². The van der Waals surface area contributed by atoms with Crippen LogP contribution in [0.1, 0.15) is 58.6 Å². The zero-order valence-electron chi connectivity index (χ0n) is 11.9. The van der Waals surface area contributed by atoms with E-state index < -0.39 is 0 Å². The van der Waals surface area contributed by atoms with Gasteiger partial charge < -0.3 is 9.84 Å². The number of rotatable bonds is 5. The molecule has 1 heterocycles. The summed E-state index contributed by atoms with van der Waals surface area (Å²) >= 11 is 0. The van der Waals surface area contributed by atoms with Gasteiger partial charge in [-0.05, 0) is 37.0 Å². The van der Waals surface area contributed by atoms with Gasteiger partial charge in [-0.2, -0.15) is 0 Å². The van der Waals surface area contributed by atoms with Gasteiger partial charge in [0.05, 0.1) is 12.7 Å². The van der Waals surface area contributed by atoms with Crippen LogP contribution in [-0.2, 0) is 6.54 Å². The van der Waals surface area contributed by atoms with Crippen LogP contribution in [-0.4, -0.2) is 11.2 Å². The van der Waals surface area contributed by atoms with Gasteiger partial charge in [0.15, 0.2) is 0 Å². The second kappa shape index (κ2) is 5.87. The van der Waals surface area contributed by atoms with Crippen LogP contribution < -0.4 is 5.32 Å². The molecule has 1 saturated carbocycles. The molecule has 2 rings (SSSR count). The van der Waals surface area contributed by atoms with E-state index in [0.29, 0.717) is 11.5 Å². The molecular weight excluding hydrogens is 224 g/mol. The molecule has 0 amide bonds. The Kier molecular flexibility index (Phi) is 4.44. The highest BCUT2D eigenvalue weighted by molar-refractivity contribution is 4.93. The molecule has 1 N–H and O–H groups in total. The maximum Gasteiger partial charge on any atom is 0.150 e. The average molecular weight is 250 g/mol. The van der Waals surface area contributed by atoms with E-state index in [1.807, 2.05) is 6.07 Å². The van der Waals surface area contributed by atoms with Gasteiger partial charge in [-0.1, -0.05) is 32.3 Å². The predicted octanol–water partition coefficient (Wildman–Crippen LogP) is 3.76. The third-order valence-corrected chi connectivity index (χ3v) is 4.80. The predicted molar refractivity (Wildman–Crippen MR) is 73.2 cm³/mol. The van der Waals surface area contributed by atoms with Crippen LogP contribution in [0.3, 0.4) is 0 Å². The van der Waals surface area contributed by atoms with Gasteiger partial charge in [-0.25, -0.2) is 0 Å². The van der Waals surface area contributed by atoms with E-state index >= 15 is 0 Å². The topological polar surface area (TPSA) is 38.1 Å². The van der Waals surface area contributed by atoms with Crippen LogP contribution in [0.4, 0.5) is 0 Å². The number of nitrogens with zero attached hydrogens (tertiary/aromatic N) is 1. The Morgan fingerprint density at radius 1 is 1.33 bits per heavy atom. The van der Waals surface area contributed by atoms with Gasteiger partial charge in [0.1, 0.15) is 5.76 Å². The Hall–Kier alpha value is -0.830. The lowest BCUT2D eigenvalue weighted by Gasteiger charge is -2.39. The minimum Gasteiger partial charge on any atom is -0.360 e. The first kappa shape index (κ1) is 13.6. The molecule has 0 bridgehead atoms. The fourth-order valence-electron chi connectivity index (χ4n) is 2.95. The Balaban J connectivity index is 1.73. The maximum absolute atomic E-state index is 5.10. The van der Waals surface area contributed by atoms with Crippen molar-refractivity contribution in [2.24, 2.45) is 11.3 Å². The first-order valence-corrected chi connectivity index (χ1v) is 7.25. The Morgan fingerprint density at radius 3 is 2.61 bits per heavy atom. The summed E-state index contributed by atoms with van der Waals surface area (Å²) in [4.78, 5) is 0. The highest BCUT2D eigenvalue weighted by atomic mass is 16.5. The summed E-state index contributed by atoms with van der Waals surface area (Å²) in [6, 6.07) is 2.58. The van der Waals surface area contributed by atoms with Crippen LogP contribution >= 0.6 is 0 Å². The smallest absolute Gasteiger partial charge is 0.150 e. The normalized spacial score (nSPS) is 25.3. The lowest BCUT2D eigenvalue weighted by Crippen LogP contribution is -2.36. The van der Waals surface area contributed by atoms with Crippen molar-refractivity contribution in [3.63, 3.8) is 0 Å². The van der Waals surface area contributed by atoms with Crippen molar-refractivity contribution in [1.29, 1.82) is 0 Å². The molecule has 1 aliphatic rings. The zero-order valence-corrected chi connectivity index (χ0v) is 11.9.